The minimum absolute atomic E-state index is 0. The second kappa shape index (κ2) is 7.48. The van der Waals surface area contributed by atoms with E-state index in [4.69, 9.17) is 5.26 Å². The zero-order valence-electron chi connectivity index (χ0n) is 11.4. The lowest BCUT2D eigenvalue weighted by Gasteiger charge is -2.10. The summed E-state index contributed by atoms with van der Waals surface area (Å²) < 4.78 is 39.5. The van der Waals surface area contributed by atoms with Crippen LogP contribution in [-0.2, 0) is 6.18 Å². The highest BCUT2D eigenvalue weighted by Crippen LogP contribution is 2.31. The van der Waals surface area contributed by atoms with Gasteiger partial charge in [0.25, 0.3) is 0 Å². The van der Waals surface area contributed by atoms with Gasteiger partial charge in [-0.25, -0.2) is 4.98 Å². The number of imidazole rings is 1. The van der Waals surface area contributed by atoms with E-state index in [-0.39, 0.29) is 18.7 Å². The van der Waals surface area contributed by atoms with Crippen molar-refractivity contribution in [3.63, 3.8) is 0 Å². The van der Waals surface area contributed by atoms with E-state index < -0.39 is 11.7 Å². The predicted molar refractivity (Wildman–Crippen MR) is 76.1 cm³/mol. The Kier molecular flexibility index (Phi) is 6.67. The maximum atomic E-state index is 12.7. The van der Waals surface area contributed by atoms with Crippen LogP contribution in [0.5, 0.6) is 0 Å². The fourth-order valence-electron chi connectivity index (χ4n) is 1.55. The van der Waals surface area contributed by atoms with Gasteiger partial charge in [0.05, 0.1) is 29.2 Å². The van der Waals surface area contributed by atoms with E-state index in [0.717, 1.165) is 12.1 Å². The molecule has 0 aliphatic rings. The zero-order valence-corrected chi connectivity index (χ0v) is 11.4. The molecule has 0 atom stereocenters. The van der Waals surface area contributed by atoms with Gasteiger partial charge in [0.15, 0.2) is 0 Å². The van der Waals surface area contributed by atoms with Crippen LogP contribution in [0.3, 0.4) is 0 Å². The summed E-state index contributed by atoms with van der Waals surface area (Å²) in [5.74, 6) is 0. The molecule has 0 N–H and O–H groups in total. The van der Waals surface area contributed by atoms with Crippen molar-refractivity contribution in [2.24, 2.45) is 0 Å². The molecule has 0 saturated carbocycles. The van der Waals surface area contributed by atoms with Crippen LogP contribution in [-0.4, -0.2) is 9.55 Å². The predicted octanol–water partition coefficient (Wildman–Crippen LogP) is 4.73. The topological polar surface area (TPSA) is 41.6 Å². The molecule has 0 radical (unpaired) electrons. The monoisotopic (exact) mass is 297 g/mol. The Morgan fingerprint density at radius 2 is 1.81 bits per heavy atom. The lowest BCUT2D eigenvalue weighted by Crippen LogP contribution is -2.06. The lowest BCUT2D eigenvalue weighted by atomic mass is 10.1. The van der Waals surface area contributed by atoms with Gasteiger partial charge >= 0.3 is 6.18 Å². The Balaban J connectivity index is 0.00000128. The summed E-state index contributed by atoms with van der Waals surface area (Å²) in [5.41, 5.74) is 0.0713. The van der Waals surface area contributed by atoms with Crippen molar-refractivity contribution in [3.8, 4) is 11.8 Å². The highest BCUT2D eigenvalue weighted by atomic mass is 19.4. The highest BCUT2D eigenvalue weighted by molar-refractivity contribution is 5.46. The van der Waals surface area contributed by atoms with Gasteiger partial charge in [-0.1, -0.05) is 21.3 Å². The second-order valence-electron chi connectivity index (χ2n) is 3.80. The van der Waals surface area contributed by atoms with Gasteiger partial charge < -0.3 is 4.57 Å². The third kappa shape index (κ3) is 4.63. The molecule has 2 rings (SSSR count). The summed E-state index contributed by atoms with van der Waals surface area (Å²) >= 11 is 0. The quantitative estimate of drug-likeness (QED) is 0.763. The van der Waals surface area contributed by atoms with E-state index in [9.17, 15) is 13.2 Å². The largest absolute Gasteiger partial charge is 0.416 e. The van der Waals surface area contributed by atoms with Crippen molar-refractivity contribution >= 4 is 0 Å². The zero-order chi connectivity index (χ0) is 15.3. The number of nitriles is 1. The lowest BCUT2D eigenvalue weighted by molar-refractivity contribution is -0.137. The number of hydrogen-bond acceptors (Lipinski definition) is 2. The minimum Gasteiger partial charge on any atom is -0.306 e. The van der Waals surface area contributed by atoms with Crippen molar-refractivity contribution in [2.75, 3.05) is 0 Å². The number of rotatable bonds is 1. The molecule has 0 aliphatic carbocycles. The van der Waals surface area contributed by atoms with Gasteiger partial charge in [-0.05, 0) is 25.1 Å². The van der Waals surface area contributed by atoms with E-state index in [2.05, 4.69) is 4.98 Å². The molecule has 0 fully saturated rings. The first-order valence-corrected chi connectivity index (χ1v) is 6.03. The van der Waals surface area contributed by atoms with Crippen LogP contribution in [0.25, 0.3) is 5.69 Å². The van der Waals surface area contributed by atoms with Crippen LogP contribution in [0.4, 0.5) is 13.2 Å². The van der Waals surface area contributed by atoms with E-state index in [1.54, 1.807) is 19.2 Å². The molecule has 0 amide bonds. The van der Waals surface area contributed by atoms with Crippen LogP contribution in [0.1, 0.15) is 38.1 Å². The Morgan fingerprint density at radius 3 is 2.24 bits per heavy atom. The summed E-state index contributed by atoms with van der Waals surface area (Å²) in [7, 11) is 0. The molecule has 114 valence electrons. The van der Waals surface area contributed by atoms with Gasteiger partial charge in [-0.2, -0.15) is 18.4 Å². The normalized spacial score (nSPS) is 9.95. The molecule has 1 aromatic carbocycles. The number of aryl methyl sites for hydroxylation is 1. The minimum atomic E-state index is -4.47. The maximum Gasteiger partial charge on any atom is 0.416 e. The number of nitrogens with zero attached hydrogens (tertiary/aromatic N) is 3. The molecule has 0 saturated heterocycles. The molecule has 0 unspecified atom stereocenters. The average molecular weight is 297 g/mol. The molecule has 1 aromatic heterocycles. The van der Waals surface area contributed by atoms with E-state index in [0.29, 0.717) is 5.69 Å². The molecule has 3 nitrogen and oxygen atoms in total. The van der Waals surface area contributed by atoms with Crippen molar-refractivity contribution in [3.05, 3.63) is 47.5 Å². The number of hydrogen-bond donors (Lipinski definition) is 0. The maximum absolute atomic E-state index is 12.7. The van der Waals surface area contributed by atoms with Gasteiger partial charge in [-0.3, -0.25) is 0 Å². The smallest absolute Gasteiger partial charge is 0.306 e. The van der Waals surface area contributed by atoms with Crippen LogP contribution in [0.2, 0.25) is 0 Å². The van der Waals surface area contributed by atoms with E-state index in [1.807, 2.05) is 13.8 Å². The molecule has 2 aromatic rings. The number of benzene rings is 1. The first-order chi connectivity index (χ1) is 9.40. The molecular weight excluding hydrogens is 279 g/mol. The van der Waals surface area contributed by atoms with Crippen LogP contribution in [0.15, 0.2) is 30.7 Å². The standard InChI is InChI=1S/C12H8F3N3.C2H6.CH4/c1-8-6-18(7-17-8)11-3-9(5-16)2-10(4-11)12(13,14)15;1-2;/h2-4,6-7H,1H3;1-2H3;1H4. The molecule has 6 heteroatoms. The second-order valence-corrected chi connectivity index (χ2v) is 3.80. The van der Waals surface area contributed by atoms with Crippen molar-refractivity contribution in [1.82, 2.24) is 9.55 Å². The third-order valence-corrected chi connectivity index (χ3v) is 2.38. The highest BCUT2D eigenvalue weighted by Gasteiger charge is 2.31. The molecule has 0 aliphatic heterocycles. The summed E-state index contributed by atoms with van der Waals surface area (Å²) in [4.78, 5) is 3.94. The number of halogens is 3. The van der Waals surface area contributed by atoms with Crippen molar-refractivity contribution < 1.29 is 13.2 Å². The van der Waals surface area contributed by atoms with Gasteiger partial charge in [0.2, 0.25) is 0 Å². The average Bonchev–Trinajstić information content (AvgIpc) is 2.86. The molecule has 21 heavy (non-hydrogen) atoms. The summed E-state index contributed by atoms with van der Waals surface area (Å²) in [6.45, 7) is 5.73. The van der Waals surface area contributed by atoms with Crippen LogP contribution < -0.4 is 0 Å². The fourth-order valence-corrected chi connectivity index (χ4v) is 1.55. The SMILES string of the molecule is C.CC.Cc1cn(-c2cc(C#N)cc(C(F)(F)F)c2)cn1. The molecular formula is C15H18F3N3. The Bertz CT molecular complexity index is 622. The molecule has 1 heterocycles. The number of alkyl halides is 3. The van der Waals surface area contributed by atoms with Crippen molar-refractivity contribution in [2.45, 2.75) is 34.4 Å². The Hall–Kier alpha value is -2.29. The van der Waals surface area contributed by atoms with Gasteiger partial charge in [-0.15, -0.1) is 0 Å². The Labute approximate surface area is 122 Å². The van der Waals surface area contributed by atoms with Crippen molar-refractivity contribution in [1.29, 1.82) is 5.26 Å². The Morgan fingerprint density at radius 1 is 1.19 bits per heavy atom. The summed E-state index contributed by atoms with van der Waals surface area (Å²) in [5, 5.41) is 8.76. The van der Waals surface area contributed by atoms with Crippen LogP contribution in [0, 0.1) is 18.3 Å². The van der Waals surface area contributed by atoms with Gasteiger partial charge in [0.1, 0.15) is 0 Å². The van der Waals surface area contributed by atoms with Crippen LogP contribution >= 0.6 is 0 Å². The first-order valence-electron chi connectivity index (χ1n) is 6.03. The van der Waals surface area contributed by atoms with E-state index >= 15 is 0 Å². The summed E-state index contributed by atoms with van der Waals surface area (Å²) in [6, 6.07) is 4.92. The molecule has 0 bridgehead atoms. The fraction of sp³-hybridized carbons (Fsp3) is 0.333. The first kappa shape index (κ1) is 18.7. The summed E-state index contributed by atoms with van der Waals surface area (Å²) in [6.07, 6.45) is -1.47. The van der Waals surface area contributed by atoms with Gasteiger partial charge in [0, 0.05) is 11.9 Å². The third-order valence-electron chi connectivity index (χ3n) is 2.38. The molecule has 0 spiro atoms. The number of aromatic nitrogens is 2. The van der Waals surface area contributed by atoms with E-state index in [1.165, 1.54) is 17.0 Å².